The minimum absolute atomic E-state index is 0.0156. The lowest BCUT2D eigenvalue weighted by atomic mass is 10.1. The van der Waals surface area contributed by atoms with Crippen LogP contribution in [0.5, 0.6) is 0 Å². The molecule has 4 heteroatoms. The van der Waals surface area contributed by atoms with Gasteiger partial charge in [-0.25, -0.2) is 4.79 Å². The Hall–Kier alpha value is -1.55. The maximum absolute atomic E-state index is 12.1. The smallest absolute Gasteiger partial charge is 0.321 e. The maximum Gasteiger partial charge on any atom is 0.321 e. The third kappa shape index (κ3) is 3.73. The fourth-order valence-electron chi connectivity index (χ4n) is 2.60. The predicted octanol–water partition coefficient (Wildman–Crippen LogP) is 3.23. The van der Waals surface area contributed by atoms with E-state index in [1.165, 1.54) is 5.56 Å². The number of urea groups is 1. The maximum atomic E-state index is 12.1. The quantitative estimate of drug-likeness (QED) is 0.886. The minimum atomic E-state index is 0.0156. The molecule has 4 nitrogen and oxygen atoms in total. The van der Waals surface area contributed by atoms with Crippen molar-refractivity contribution in [2.45, 2.75) is 33.2 Å². The third-order valence-electron chi connectivity index (χ3n) is 3.88. The second kappa shape index (κ2) is 6.75. The average molecular weight is 275 g/mol. The largest absolute Gasteiger partial charge is 0.324 e. The Bertz CT molecular complexity index is 444. The molecule has 1 aromatic rings. The van der Waals surface area contributed by atoms with E-state index in [0.29, 0.717) is 12.0 Å². The van der Waals surface area contributed by atoms with Crippen LogP contribution in [0.2, 0.25) is 0 Å². The summed E-state index contributed by atoms with van der Waals surface area (Å²) in [6, 6.07) is 8.43. The first kappa shape index (κ1) is 14.9. The van der Waals surface area contributed by atoms with Crippen LogP contribution in [-0.4, -0.2) is 30.6 Å². The van der Waals surface area contributed by atoms with Gasteiger partial charge in [0.05, 0.1) is 0 Å². The second-order valence-corrected chi connectivity index (χ2v) is 5.67. The van der Waals surface area contributed by atoms with Crippen LogP contribution in [0.1, 0.15) is 38.8 Å². The topological polar surface area (TPSA) is 44.4 Å². The molecule has 0 radical (unpaired) electrons. The SMILES string of the molecule is CCNC(C)c1ccc(NC(=O)N2CCC(C)C2)cc1. The van der Waals surface area contributed by atoms with Gasteiger partial charge in [0.15, 0.2) is 0 Å². The van der Waals surface area contributed by atoms with Gasteiger partial charge in [0, 0.05) is 24.8 Å². The summed E-state index contributed by atoms with van der Waals surface area (Å²) < 4.78 is 0. The summed E-state index contributed by atoms with van der Waals surface area (Å²) in [6.07, 6.45) is 1.10. The molecular weight excluding hydrogens is 250 g/mol. The zero-order chi connectivity index (χ0) is 14.5. The van der Waals surface area contributed by atoms with Gasteiger partial charge in [0.25, 0.3) is 0 Å². The van der Waals surface area contributed by atoms with E-state index in [-0.39, 0.29) is 6.03 Å². The summed E-state index contributed by atoms with van der Waals surface area (Å²) in [5.74, 6) is 0.615. The molecular formula is C16H25N3O. The number of rotatable bonds is 4. The van der Waals surface area contributed by atoms with Gasteiger partial charge >= 0.3 is 6.03 Å². The van der Waals surface area contributed by atoms with Gasteiger partial charge in [-0.15, -0.1) is 0 Å². The van der Waals surface area contributed by atoms with Gasteiger partial charge in [-0.3, -0.25) is 0 Å². The molecule has 2 rings (SSSR count). The molecule has 1 aliphatic heterocycles. The van der Waals surface area contributed by atoms with E-state index in [1.807, 2.05) is 17.0 Å². The van der Waals surface area contributed by atoms with Crippen LogP contribution in [0.4, 0.5) is 10.5 Å². The third-order valence-corrected chi connectivity index (χ3v) is 3.88. The van der Waals surface area contributed by atoms with Crippen molar-refractivity contribution in [1.29, 1.82) is 0 Å². The van der Waals surface area contributed by atoms with E-state index in [2.05, 4.69) is 43.5 Å². The lowest BCUT2D eigenvalue weighted by Crippen LogP contribution is -2.32. The van der Waals surface area contributed by atoms with E-state index in [1.54, 1.807) is 0 Å². The van der Waals surface area contributed by atoms with Crippen LogP contribution in [-0.2, 0) is 0 Å². The monoisotopic (exact) mass is 275 g/mol. The number of hydrogen-bond donors (Lipinski definition) is 2. The standard InChI is InChI=1S/C16H25N3O/c1-4-17-13(3)14-5-7-15(8-6-14)18-16(20)19-10-9-12(2)11-19/h5-8,12-13,17H,4,9-11H2,1-3H3,(H,18,20). The number of hydrogen-bond acceptors (Lipinski definition) is 2. The zero-order valence-electron chi connectivity index (χ0n) is 12.6. The number of amides is 2. The summed E-state index contributed by atoms with van der Waals surface area (Å²) in [7, 11) is 0. The summed E-state index contributed by atoms with van der Waals surface area (Å²) >= 11 is 0. The molecule has 110 valence electrons. The van der Waals surface area contributed by atoms with Crippen molar-refractivity contribution in [3.63, 3.8) is 0 Å². The lowest BCUT2D eigenvalue weighted by Gasteiger charge is -2.17. The number of anilines is 1. The highest BCUT2D eigenvalue weighted by Crippen LogP contribution is 2.19. The summed E-state index contributed by atoms with van der Waals surface area (Å²) in [5.41, 5.74) is 2.10. The van der Waals surface area contributed by atoms with Crippen molar-refractivity contribution >= 4 is 11.7 Å². The summed E-state index contributed by atoms with van der Waals surface area (Å²) in [5, 5.41) is 6.35. The zero-order valence-corrected chi connectivity index (χ0v) is 12.6. The summed E-state index contributed by atoms with van der Waals surface area (Å²) in [6.45, 7) is 9.10. The second-order valence-electron chi connectivity index (χ2n) is 5.67. The van der Waals surface area contributed by atoms with Crippen LogP contribution in [0.3, 0.4) is 0 Å². The Kier molecular flexibility index (Phi) is 5.01. The Labute approximate surface area is 121 Å². The molecule has 0 aliphatic carbocycles. The highest BCUT2D eigenvalue weighted by molar-refractivity contribution is 5.89. The first-order chi connectivity index (χ1) is 9.60. The Balaban J connectivity index is 1.92. The molecule has 0 spiro atoms. The normalized spacial score (nSPS) is 19.9. The van der Waals surface area contributed by atoms with Crippen molar-refractivity contribution in [1.82, 2.24) is 10.2 Å². The Morgan fingerprint density at radius 3 is 2.65 bits per heavy atom. The van der Waals surface area contributed by atoms with Crippen LogP contribution in [0.25, 0.3) is 0 Å². The molecule has 1 heterocycles. The van der Waals surface area contributed by atoms with E-state index in [9.17, 15) is 4.79 Å². The minimum Gasteiger partial charge on any atom is -0.324 e. The fourth-order valence-corrected chi connectivity index (χ4v) is 2.60. The molecule has 1 aromatic carbocycles. The number of carbonyl (C=O) groups excluding carboxylic acids is 1. The molecule has 1 fully saturated rings. The van der Waals surface area contributed by atoms with Crippen molar-refractivity contribution in [3.8, 4) is 0 Å². The fraction of sp³-hybridized carbons (Fsp3) is 0.562. The molecule has 2 atom stereocenters. The highest BCUT2D eigenvalue weighted by Gasteiger charge is 2.23. The molecule has 2 N–H and O–H groups in total. The Morgan fingerprint density at radius 1 is 1.40 bits per heavy atom. The van der Waals surface area contributed by atoms with Gasteiger partial charge < -0.3 is 15.5 Å². The molecule has 0 bridgehead atoms. The first-order valence-corrected chi connectivity index (χ1v) is 7.49. The molecule has 0 saturated carbocycles. The van der Waals surface area contributed by atoms with Crippen molar-refractivity contribution in [2.75, 3.05) is 25.0 Å². The number of nitrogens with one attached hydrogen (secondary N) is 2. The van der Waals surface area contributed by atoms with E-state index in [0.717, 1.165) is 31.7 Å². The van der Waals surface area contributed by atoms with Gasteiger partial charge in [0.2, 0.25) is 0 Å². The van der Waals surface area contributed by atoms with Crippen molar-refractivity contribution in [3.05, 3.63) is 29.8 Å². The van der Waals surface area contributed by atoms with E-state index >= 15 is 0 Å². The number of likely N-dealkylation sites (tertiary alicyclic amines) is 1. The number of nitrogens with zero attached hydrogens (tertiary/aromatic N) is 1. The first-order valence-electron chi connectivity index (χ1n) is 7.49. The molecule has 20 heavy (non-hydrogen) atoms. The van der Waals surface area contributed by atoms with E-state index in [4.69, 9.17) is 0 Å². The van der Waals surface area contributed by atoms with E-state index < -0.39 is 0 Å². The van der Waals surface area contributed by atoms with Crippen LogP contribution < -0.4 is 10.6 Å². The van der Waals surface area contributed by atoms with Crippen LogP contribution in [0.15, 0.2) is 24.3 Å². The number of carbonyl (C=O) groups is 1. The van der Waals surface area contributed by atoms with Crippen molar-refractivity contribution in [2.24, 2.45) is 5.92 Å². The number of benzene rings is 1. The van der Waals surface area contributed by atoms with Gasteiger partial charge in [0.1, 0.15) is 0 Å². The molecule has 1 saturated heterocycles. The van der Waals surface area contributed by atoms with Gasteiger partial charge in [-0.05, 0) is 43.5 Å². The highest BCUT2D eigenvalue weighted by atomic mass is 16.2. The lowest BCUT2D eigenvalue weighted by molar-refractivity contribution is 0.221. The predicted molar refractivity (Wildman–Crippen MR) is 82.9 cm³/mol. The average Bonchev–Trinajstić information content (AvgIpc) is 2.86. The van der Waals surface area contributed by atoms with Crippen LogP contribution >= 0.6 is 0 Å². The van der Waals surface area contributed by atoms with Crippen molar-refractivity contribution < 1.29 is 4.79 Å². The summed E-state index contributed by atoms with van der Waals surface area (Å²) in [4.78, 5) is 14.0. The van der Waals surface area contributed by atoms with Gasteiger partial charge in [-0.2, -0.15) is 0 Å². The van der Waals surface area contributed by atoms with Gasteiger partial charge in [-0.1, -0.05) is 26.0 Å². The molecule has 1 aliphatic rings. The molecule has 0 aromatic heterocycles. The van der Waals surface area contributed by atoms with Crippen LogP contribution in [0, 0.1) is 5.92 Å². The molecule has 2 amide bonds. The Morgan fingerprint density at radius 2 is 2.10 bits per heavy atom. The molecule has 2 unspecified atom stereocenters.